The molecule has 0 bridgehead atoms. The van der Waals surface area contributed by atoms with Gasteiger partial charge < -0.3 is 9.80 Å². The minimum Gasteiger partial charge on any atom is -0.310 e. The molecule has 0 atom stereocenters. The first-order valence-electron chi connectivity index (χ1n) is 29.0. The van der Waals surface area contributed by atoms with Crippen molar-refractivity contribution in [1.82, 2.24) is 0 Å². The lowest BCUT2D eigenvalue weighted by Gasteiger charge is -2.29. The molecule has 84 heavy (non-hydrogen) atoms. The summed E-state index contributed by atoms with van der Waals surface area (Å²) in [5.41, 5.74) is 11.3. The molecule has 0 aliphatic carbocycles. The van der Waals surface area contributed by atoms with Gasteiger partial charge in [-0.2, -0.15) is 0 Å². The summed E-state index contributed by atoms with van der Waals surface area (Å²) in [6.45, 7) is 0. The molecule has 0 aliphatic rings. The second-order valence-corrected chi connectivity index (χ2v) is 22.4. The molecule has 0 saturated heterocycles. The Morgan fingerprint density at radius 3 is 0.726 bits per heavy atom. The molecule has 0 unspecified atom stereocenters. The van der Waals surface area contributed by atoms with Gasteiger partial charge in [0, 0.05) is 34.1 Å². The smallest absolute Gasteiger partial charge is 0.0468 e. The second kappa shape index (κ2) is 19.3. The van der Waals surface area contributed by atoms with Crippen LogP contribution in [-0.2, 0) is 0 Å². The molecule has 0 saturated carbocycles. The first-order valence-corrected chi connectivity index (χ1v) is 29.0. The third-order valence-corrected chi connectivity index (χ3v) is 17.6. The summed E-state index contributed by atoms with van der Waals surface area (Å²) < 4.78 is 0. The maximum atomic E-state index is 2.50. The number of nitrogens with zero attached hydrogens (tertiary/aromatic N) is 2. The van der Waals surface area contributed by atoms with Crippen LogP contribution in [0.15, 0.2) is 315 Å². The van der Waals surface area contributed by atoms with E-state index in [-0.39, 0.29) is 0 Å². The number of fused-ring (bicyclic) bond motifs is 12. The zero-order chi connectivity index (χ0) is 55.2. The molecule has 17 rings (SSSR count). The van der Waals surface area contributed by atoms with Crippen LogP contribution in [0.1, 0.15) is 0 Å². The van der Waals surface area contributed by atoms with E-state index < -0.39 is 0 Å². The largest absolute Gasteiger partial charge is 0.310 e. The SMILES string of the molecule is c1ccc2cc(N(c3ccc4ccccc4c3)c3ccc4c(-c5cc6ccccc6c6ccccc56)c5cc(N(c6ccc7ccccc7c6)c6ccc7ccccc7c6)ccc5c(-c5cc6ccccc6c6ccccc56)c4c3)ccc2c1. The highest BCUT2D eigenvalue weighted by Crippen LogP contribution is 2.52. The van der Waals surface area contributed by atoms with Crippen LogP contribution in [0, 0.1) is 0 Å². The number of anilines is 6. The topological polar surface area (TPSA) is 6.48 Å². The van der Waals surface area contributed by atoms with Gasteiger partial charge >= 0.3 is 0 Å². The van der Waals surface area contributed by atoms with Crippen LogP contribution in [0.2, 0.25) is 0 Å². The normalized spacial score (nSPS) is 11.8. The van der Waals surface area contributed by atoms with E-state index in [1.165, 1.54) is 130 Å². The monoisotopic (exact) mass is 1060 g/mol. The van der Waals surface area contributed by atoms with Crippen molar-refractivity contribution in [1.29, 1.82) is 0 Å². The van der Waals surface area contributed by atoms with E-state index in [0.29, 0.717) is 0 Å². The van der Waals surface area contributed by atoms with Gasteiger partial charge in [0.15, 0.2) is 0 Å². The van der Waals surface area contributed by atoms with Crippen molar-refractivity contribution in [2.24, 2.45) is 0 Å². The molecular formula is C82H52N2. The van der Waals surface area contributed by atoms with E-state index in [1.807, 2.05) is 0 Å². The average molecular weight is 1070 g/mol. The van der Waals surface area contributed by atoms with E-state index >= 15 is 0 Å². The molecule has 0 N–H and O–H groups in total. The maximum Gasteiger partial charge on any atom is 0.0468 e. The predicted octanol–water partition coefficient (Wildman–Crippen LogP) is 23.5. The van der Waals surface area contributed by atoms with Gasteiger partial charge in [-0.05, 0) is 215 Å². The van der Waals surface area contributed by atoms with Gasteiger partial charge in [0.05, 0.1) is 0 Å². The summed E-state index contributed by atoms with van der Waals surface area (Å²) in [7, 11) is 0. The minimum atomic E-state index is 1.07. The number of hydrogen-bond acceptors (Lipinski definition) is 2. The fourth-order valence-corrected chi connectivity index (χ4v) is 13.7. The zero-order valence-corrected chi connectivity index (χ0v) is 45.9. The van der Waals surface area contributed by atoms with Crippen LogP contribution < -0.4 is 9.80 Å². The first kappa shape index (κ1) is 47.7. The van der Waals surface area contributed by atoms with Gasteiger partial charge in [-0.25, -0.2) is 0 Å². The van der Waals surface area contributed by atoms with Gasteiger partial charge in [-0.1, -0.05) is 231 Å². The molecule has 0 amide bonds. The Bertz CT molecular complexity index is 5040. The van der Waals surface area contributed by atoms with E-state index in [1.54, 1.807) is 0 Å². The maximum absolute atomic E-state index is 2.50. The summed E-state index contributed by atoms with van der Waals surface area (Å²) in [5.74, 6) is 0. The van der Waals surface area contributed by atoms with Crippen molar-refractivity contribution in [3.8, 4) is 22.3 Å². The lowest BCUT2D eigenvalue weighted by Crippen LogP contribution is -2.10. The van der Waals surface area contributed by atoms with E-state index in [0.717, 1.165) is 34.1 Å². The Hall–Kier alpha value is -11.1. The summed E-state index contributed by atoms with van der Waals surface area (Å²) in [6.07, 6.45) is 0. The van der Waals surface area contributed by atoms with Crippen LogP contribution in [0.3, 0.4) is 0 Å². The van der Waals surface area contributed by atoms with Crippen molar-refractivity contribution < 1.29 is 0 Å². The summed E-state index contributed by atoms with van der Waals surface area (Å²) >= 11 is 0. The summed E-state index contributed by atoms with van der Waals surface area (Å²) in [5, 5.41) is 24.1. The number of hydrogen-bond donors (Lipinski definition) is 0. The highest BCUT2D eigenvalue weighted by Gasteiger charge is 2.25. The quantitative estimate of drug-likeness (QED) is 0.111. The highest BCUT2D eigenvalue weighted by molar-refractivity contribution is 6.29. The summed E-state index contributed by atoms with van der Waals surface area (Å²) in [4.78, 5) is 4.92. The van der Waals surface area contributed by atoms with Gasteiger partial charge in [0.2, 0.25) is 0 Å². The number of benzene rings is 17. The van der Waals surface area contributed by atoms with E-state index in [2.05, 4.69) is 325 Å². The van der Waals surface area contributed by atoms with Gasteiger partial charge in [0.1, 0.15) is 0 Å². The average Bonchev–Trinajstić information content (AvgIpc) is 0.941. The Labute approximate surface area is 486 Å². The van der Waals surface area contributed by atoms with Gasteiger partial charge in [-0.15, -0.1) is 0 Å². The number of rotatable bonds is 8. The molecule has 0 heterocycles. The van der Waals surface area contributed by atoms with Crippen LogP contribution in [0.25, 0.3) is 130 Å². The molecule has 0 spiro atoms. The second-order valence-electron chi connectivity index (χ2n) is 22.4. The fourth-order valence-electron chi connectivity index (χ4n) is 13.7. The van der Waals surface area contributed by atoms with Crippen LogP contribution >= 0.6 is 0 Å². The first-order chi connectivity index (χ1) is 41.6. The lowest BCUT2D eigenvalue weighted by molar-refractivity contribution is 1.30. The molecule has 17 aromatic carbocycles. The molecule has 0 aromatic heterocycles. The van der Waals surface area contributed by atoms with Gasteiger partial charge in [0.25, 0.3) is 0 Å². The Kier molecular flexibility index (Phi) is 11.0. The van der Waals surface area contributed by atoms with Crippen molar-refractivity contribution in [2.75, 3.05) is 9.80 Å². The van der Waals surface area contributed by atoms with Crippen molar-refractivity contribution in [3.63, 3.8) is 0 Å². The molecule has 390 valence electrons. The van der Waals surface area contributed by atoms with E-state index in [4.69, 9.17) is 0 Å². The van der Waals surface area contributed by atoms with Crippen molar-refractivity contribution >= 4 is 142 Å². The minimum absolute atomic E-state index is 1.07. The molecule has 2 heteroatoms. The zero-order valence-electron chi connectivity index (χ0n) is 45.9. The standard InChI is InChI=1S/C82H52N2/c1-5-21-57-45-63(37-33-53(57)17-1)83(64-38-34-54-18-2-6-22-58(54)46-64)67-41-43-75-79(51-67)81(77-49-61-25-9-11-27-69(61)71-29-13-15-31-73(71)77)76-44-42-68(52-80(76)82(75)78-50-62-26-10-12-28-70(62)72-30-14-16-32-74(72)78)84(65-39-35-55-19-3-7-23-59(55)47-65)66-40-36-56-20-4-8-24-60(56)48-66/h1-52H. The Morgan fingerprint density at radius 1 is 0.143 bits per heavy atom. The Morgan fingerprint density at radius 2 is 0.393 bits per heavy atom. The van der Waals surface area contributed by atoms with Crippen LogP contribution in [-0.4, -0.2) is 0 Å². The lowest BCUT2D eigenvalue weighted by atomic mass is 9.82. The Balaban J connectivity index is 1.03. The molecule has 0 aliphatic heterocycles. The molecule has 0 radical (unpaired) electrons. The molecule has 0 fully saturated rings. The van der Waals surface area contributed by atoms with Crippen molar-refractivity contribution in [2.45, 2.75) is 0 Å². The molecule has 17 aromatic rings. The van der Waals surface area contributed by atoms with Crippen LogP contribution in [0.5, 0.6) is 0 Å². The summed E-state index contributed by atoms with van der Waals surface area (Å²) in [6, 6.07) is 118. The van der Waals surface area contributed by atoms with E-state index in [9.17, 15) is 0 Å². The van der Waals surface area contributed by atoms with Gasteiger partial charge in [-0.3, -0.25) is 0 Å². The fraction of sp³-hybridized carbons (Fsp3) is 0. The van der Waals surface area contributed by atoms with Crippen LogP contribution in [0.4, 0.5) is 34.1 Å². The van der Waals surface area contributed by atoms with Crippen molar-refractivity contribution in [3.05, 3.63) is 315 Å². The third-order valence-electron chi connectivity index (χ3n) is 17.6. The predicted molar refractivity (Wildman–Crippen MR) is 362 cm³/mol. The molecular weight excluding hydrogens is 1010 g/mol. The molecule has 2 nitrogen and oxygen atoms in total. The highest BCUT2D eigenvalue weighted by atomic mass is 15.1. The third kappa shape index (κ3) is 7.80.